The van der Waals surface area contributed by atoms with Crippen molar-refractivity contribution in [3.05, 3.63) is 11.6 Å². The van der Waals surface area contributed by atoms with Gasteiger partial charge in [-0.2, -0.15) is 0 Å². The summed E-state index contributed by atoms with van der Waals surface area (Å²) in [7, 11) is 0. The molecule has 0 saturated heterocycles. The molecule has 0 aromatic carbocycles. The van der Waals surface area contributed by atoms with Crippen LogP contribution in [0, 0.1) is 11.8 Å². The molecule has 0 radical (unpaired) electrons. The van der Waals surface area contributed by atoms with Gasteiger partial charge in [0.2, 0.25) is 0 Å². The van der Waals surface area contributed by atoms with E-state index in [4.69, 9.17) is 5.11 Å². The summed E-state index contributed by atoms with van der Waals surface area (Å²) in [6.07, 6.45) is 4.17. The molecule has 0 bridgehead atoms. The first kappa shape index (κ1) is 10.8. The van der Waals surface area contributed by atoms with Crippen molar-refractivity contribution in [2.24, 2.45) is 0 Å². The number of allylic oxidation sites excluding steroid dienone is 1. The molecule has 0 saturated carbocycles. The minimum absolute atomic E-state index is 0.610. The van der Waals surface area contributed by atoms with E-state index in [-0.39, 0.29) is 0 Å². The maximum Gasteiger partial charge on any atom is 0.329 e. The van der Waals surface area contributed by atoms with Crippen molar-refractivity contribution in [1.82, 2.24) is 0 Å². The highest BCUT2D eigenvalue weighted by Crippen LogP contribution is 1.93. The maximum atomic E-state index is 10.2. The van der Waals surface area contributed by atoms with Crippen molar-refractivity contribution < 1.29 is 9.90 Å². The van der Waals surface area contributed by atoms with E-state index in [1.54, 1.807) is 6.92 Å². The van der Waals surface area contributed by atoms with Gasteiger partial charge >= 0.3 is 5.97 Å². The number of rotatable bonds is 3. The summed E-state index contributed by atoms with van der Waals surface area (Å²) < 4.78 is 0. The summed E-state index contributed by atoms with van der Waals surface area (Å²) in [4.78, 5) is 10.2. The quantitative estimate of drug-likeness (QED) is 0.396. The van der Waals surface area contributed by atoms with Crippen molar-refractivity contribution in [3.63, 3.8) is 0 Å². The fourth-order valence-corrected chi connectivity index (χ4v) is 0.688. The Morgan fingerprint density at radius 2 is 2.25 bits per heavy atom. The smallest absolute Gasteiger partial charge is 0.329 e. The van der Waals surface area contributed by atoms with Crippen LogP contribution >= 0.6 is 0 Å². The Morgan fingerprint density at radius 1 is 1.58 bits per heavy atom. The predicted molar refractivity (Wildman–Crippen MR) is 48.7 cm³/mol. The van der Waals surface area contributed by atoms with Crippen molar-refractivity contribution in [1.29, 1.82) is 0 Å². The largest absolute Gasteiger partial charge is 0.478 e. The molecular weight excluding hydrogens is 152 g/mol. The van der Waals surface area contributed by atoms with Crippen LogP contribution in [0.4, 0.5) is 0 Å². The minimum atomic E-state index is -0.933. The Hall–Kier alpha value is -1.23. The van der Waals surface area contributed by atoms with E-state index in [1.807, 2.05) is 0 Å². The summed E-state index contributed by atoms with van der Waals surface area (Å²) in [6, 6.07) is 0. The van der Waals surface area contributed by atoms with Gasteiger partial charge in [0.05, 0.1) is 0 Å². The Kier molecular flexibility index (Phi) is 5.81. The average Bonchev–Trinajstić information content (AvgIpc) is 1.97. The molecule has 66 valence electrons. The zero-order valence-electron chi connectivity index (χ0n) is 7.55. The molecule has 0 aliphatic carbocycles. The van der Waals surface area contributed by atoms with Crippen LogP contribution in [0.1, 0.15) is 33.1 Å². The molecule has 0 aromatic rings. The van der Waals surface area contributed by atoms with Crippen LogP contribution in [0.25, 0.3) is 0 Å². The van der Waals surface area contributed by atoms with E-state index >= 15 is 0 Å². The standard InChI is InChI=1S/C10H14O2/c1-3-4-5-6-7-9(2)8-10(11)12/h8H,3-5H2,1-2H3,(H,11,12)/b9-8-. The van der Waals surface area contributed by atoms with Gasteiger partial charge in [-0.05, 0) is 13.3 Å². The van der Waals surface area contributed by atoms with Crippen LogP contribution < -0.4 is 0 Å². The molecule has 0 aliphatic heterocycles. The molecule has 0 rings (SSSR count). The molecule has 0 amide bonds. The Balaban J connectivity index is 3.86. The molecular formula is C10H14O2. The lowest BCUT2D eigenvalue weighted by Crippen LogP contribution is -1.87. The van der Waals surface area contributed by atoms with Crippen LogP contribution in [0.3, 0.4) is 0 Å². The highest BCUT2D eigenvalue weighted by molar-refractivity contribution is 5.81. The van der Waals surface area contributed by atoms with Gasteiger partial charge in [0.1, 0.15) is 0 Å². The topological polar surface area (TPSA) is 37.3 Å². The first-order chi connectivity index (χ1) is 5.66. The molecule has 0 aromatic heterocycles. The summed E-state index contributed by atoms with van der Waals surface area (Å²) in [5, 5.41) is 8.34. The highest BCUT2D eigenvalue weighted by atomic mass is 16.4. The van der Waals surface area contributed by atoms with E-state index in [2.05, 4.69) is 18.8 Å². The van der Waals surface area contributed by atoms with E-state index in [1.165, 1.54) is 0 Å². The van der Waals surface area contributed by atoms with Crippen molar-refractivity contribution in [2.45, 2.75) is 33.1 Å². The molecule has 1 N–H and O–H groups in total. The van der Waals surface area contributed by atoms with Crippen molar-refractivity contribution in [3.8, 4) is 11.8 Å². The number of aliphatic carboxylic acids is 1. The van der Waals surface area contributed by atoms with Crippen LogP contribution in [-0.4, -0.2) is 11.1 Å². The molecule has 0 heterocycles. The maximum absolute atomic E-state index is 10.2. The van der Waals surface area contributed by atoms with Gasteiger partial charge in [-0.15, -0.1) is 0 Å². The summed E-state index contributed by atoms with van der Waals surface area (Å²) in [6.45, 7) is 3.80. The summed E-state index contributed by atoms with van der Waals surface area (Å²) in [5.74, 6) is 4.76. The third-order valence-corrected chi connectivity index (χ3v) is 1.28. The first-order valence-electron chi connectivity index (χ1n) is 4.07. The molecule has 0 unspecified atom stereocenters. The lowest BCUT2D eigenvalue weighted by molar-refractivity contribution is -0.131. The number of hydrogen-bond acceptors (Lipinski definition) is 1. The minimum Gasteiger partial charge on any atom is -0.478 e. The molecule has 0 fully saturated rings. The van der Waals surface area contributed by atoms with Crippen LogP contribution in [0.2, 0.25) is 0 Å². The highest BCUT2D eigenvalue weighted by Gasteiger charge is 1.88. The summed E-state index contributed by atoms with van der Waals surface area (Å²) in [5.41, 5.74) is 0.610. The predicted octanol–water partition coefficient (Wildman–Crippen LogP) is 2.21. The van der Waals surface area contributed by atoms with Crippen molar-refractivity contribution >= 4 is 5.97 Å². The van der Waals surface area contributed by atoms with E-state index in [0.717, 1.165) is 25.3 Å². The first-order valence-corrected chi connectivity index (χ1v) is 4.07. The van der Waals surface area contributed by atoms with E-state index in [9.17, 15) is 4.79 Å². The van der Waals surface area contributed by atoms with Crippen molar-refractivity contribution in [2.75, 3.05) is 0 Å². The van der Waals surface area contributed by atoms with Crippen LogP contribution in [0.15, 0.2) is 11.6 Å². The van der Waals surface area contributed by atoms with Gasteiger partial charge in [-0.1, -0.05) is 25.2 Å². The van der Waals surface area contributed by atoms with Gasteiger partial charge in [-0.3, -0.25) is 0 Å². The van der Waals surface area contributed by atoms with E-state index < -0.39 is 5.97 Å². The second-order valence-corrected chi connectivity index (χ2v) is 2.57. The molecule has 0 aliphatic rings. The van der Waals surface area contributed by atoms with Crippen LogP contribution in [-0.2, 0) is 4.79 Å². The number of carboxylic acid groups (broad SMARTS) is 1. The molecule has 2 heteroatoms. The lowest BCUT2D eigenvalue weighted by Gasteiger charge is -1.85. The third kappa shape index (κ3) is 6.88. The van der Waals surface area contributed by atoms with Gasteiger partial charge in [0, 0.05) is 18.1 Å². The third-order valence-electron chi connectivity index (χ3n) is 1.28. The normalized spacial score (nSPS) is 10.3. The monoisotopic (exact) mass is 166 g/mol. The fourth-order valence-electron chi connectivity index (χ4n) is 0.688. The number of carboxylic acids is 1. The zero-order chi connectivity index (χ0) is 9.40. The average molecular weight is 166 g/mol. The summed E-state index contributed by atoms with van der Waals surface area (Å²) >= 11 is 0. The fraction of sp³-hybridized carbons (Fsp3) is 0.500. The second-order valence-electron chi connectivity index (χ2n) is 2.57. The van der Waals surface area contributed by atoms with E-state index in [0.29, 0.717) is 5.57 Å². The Bertz CT molecular complexity index is 228. The number of carbonyl (C=O) groups is 1. The second kappa shape index (κ2) is 6.48. The number of hydrogen-bond donors (Lipinski definition) is 1. The van der Waals surface area contributed by atoms with Gasteiger partial charge in [0.15, 0.2) is 0 Å². The van der Waals surface area contributed by atoms with Gasteiger partial charge in [-0.25, -0.2) is 4.79 Å². The Morgan fingerprint density at radius 3 is 2.75 bits per heavy atom. The molecule has 0 atom stereocenters. The molecule has 12 heavy (non-hydrogen) atoms. The van der Waals surface area contributed by atoms with Gasteiger partial charge < -0.3 is 5.11 Å². The molecule has 0 spiro atoms. The zero-order valence-corrected chi connectivity index (χ0v) is 7.55. The lowest BCUT2D eigenvalue weighted by atomic mass is 10.2. The molecule has 2 nitrogen and oxygen atoms in total. The SMILES string of the molecule is CCCCC#C/C(C)=C\C(=O)O. The number of unbranched alkanes of at least 4 members (excludes halogenated alkanes) is 2. The van der Waals surface area contributed by atoms with Gasteiger partial charge in [0.25, 0.3) is 0 Å². The Labute approximate surface area is 73.3 Å². The van der Waals surface area contributed by atoms with Crippen LogP contribution in [0.5, 0.6) is 0 Å².